The number of nitrogens with one attached hydrogen (secondary N) is 2. The van der Waals surface area contributed by atoms with Gasteiger partial charge in [0.15, 0.2) is 17.1 Å². The highest BCUT2D eigenvalue weighted by Gasteiger charge is 2.20. The lowest BCUT2D eigenvalue weighted by Gasteiger charge is -2.14. The van der Waals surface area contributed by atoms with E-state index in [2.05, 4.69) is 48.1 Å². The van der Waals surface area contributed by atoms with Gasteiger partial charge in [0.1, 0.15) is 11.2 Å². The van der Waals surface area contributed by atoms with Crippen LogP contribution in [0.4, 0.5) is 20.6 Å². The van der Waals surface area contributed by atoms with Crippen LogP contribution in [-0.4, -0.2) is 26.7 Å². The van der Waals surface area contributed by atoms with Gasteiger partial charge in [-0.05, 0) is 53.3 Å². The van der Waals surface area contributed by atoms with E-state index in [-0.39, 0.29) is 22.5 Å². The summed E-state index contributed by atoms with van der Waals surface area (Å²) in [6.45, 7) is 1.86. The minimum absolute atomic E-state index is 0.00611. The largest absolute Gasteiger partial charge is 0.511 e. The third-order valence-corrected chi connectivity index (χ3v) is 3.83. The van der Waals surface area contributed by atoms with Gasteiger partial charge in [0.2, 0.25) is 0 Å². The molecular weight excluding hydrogens is 418 g/mol. The Morgan fingerprint density at radius 2 is 2.17 bits per heavy atom. The van der Waals surface area contributed by atoms with Crippen molar-refractivity contribution >= 4 is 51.2 Å². The van der Waals surface area contributed by atoms with Crippen molar-refractivity contribution in [1.82, 2.24) is 15.4 Å². The molecule has 3 N–H and O–H groups in total. The Bertz CT molecular complexity index is 912. The first-order valence-corrected chi connectivity index (χ1v) is 7.50. The fourth-order valence-electron chi connectivity index (χ4n) is 2.12. The van der Waals surface area contributed by atoms with Crippen LogP contribution < -0.4 is 10.1 Å². The summed E-state index contributed by atoms with van der Waals surface area (Å²) in [5.74, 6) is -0.931. The van der Waals surface area contributed by atoms with Crippen LogP contribution in [0.25, 0.3) is 11.0 Å². The first-order valence-electron chi connectivity index (χ1n) is 6.42. The van der Waals surface area contributed by atoms with Crippen molar-refractivity contribution in [3.63, 3.8) is 0 Å². The Kier molecular flexibility index (Phi) is 4.03. The van der Waals surface area contributed by atoms with Gasteiger partial charge in [0, 0.05) is 15.3 Å². The molecule has 9 heteroatoms. The normalized spacial score (nSPS) is 10.7. The average molecular weight is 428 g/mol. The van der Waals surface area contributed by atoms with Crippen LogP contribution in [0.5, 0.6) is 5.75 Å². The molecule has 0 aliphatic carbocycles. The van der Waals surface area contributed by atoms with Crippen molar-refractivity contribution in [2.24, 2.45) is 0 Å². The third-order valence-electron chi connectivity index (χ3n) is 3.16. The smallest absolute Gasteiger partial charge is 0.449 e. The number of carboxylic acid groups (broad SMARTS) is 1. The van der Waals surface area contributed by atoms with E-state index in [0.717, 1.165) is 9.13 Å². The summed E-state index contributed by atoms with van der Waals surface area (Å²) < 4.78 is 20.3. The molecule has 0 radical (unpaired) electrons. The zero-order valence-corrected chi connectivity index (χ0v) is 13.9. The number of rotatable bonds is 3. The van der Waals surface area contributed by atoms with Crippen LogP contribution in [0.1, 0.15) is 5.56 Å². The molecule has 1 aromatic heterocycles. The van der Waals surface area contributed by atoms with Crippen molar-refractivity contribution in [3.8, 4) is 5.75 Å². The van der Waals surface area contributed by atoms with Crippen molar-refractivity contribution in [1.29, 1.82) is 0 Å². The van der Waals surface area contributed by atoms with Crippen LogP contribution in [-0.2, 0) is 0 Å². The highest BCUT2D eigenvalue weighted by Crippen LogP contribution is 2.36. The summed E-state index contributed by atoms with van der Waals surface area (Å²) in [5.41, 5.74) is 1.55. The topological polar surface area (TPSA) is 100 Å². The Morgan fingerprint density at radius 3 is 2.87 bits per heavy atom. The minimum atomic E-state index is -1.55. The van der Waals surface area contributed by atoms with E-state index < -0.39 is 12.0 Å². The van der Waals surface area contributed by atoms with Gasteiger partial charge in [-0.25, -0.2) is 9.18 Å². The van der Waals surface area contributed by atoms with Crippen molar-refractivity contribution < 1.29 is 19.0 Å². The fourth-order valence-corrected chi connectivity index (χ4v) is 2.76. The van der Waals surface area contributed by atoms with Crippen LogP contribution in [0.3, 0.4) is 0 Å². The van der Waals surface area contributed by atoms with Crippen LogP contribution in [0, 0.1) is 16.3 Å². The minimum Gasteiger partial charge on any atom is -0.449 e. The average Bonchev–Trinajstić information content (AvgIpc) is 2.93. The lowest BCUT2D eigenvalue weighted by Crippen LogP contribution is -2.07. The van der Waals surface area contributed by atoms with E-state index in [1.807, 2.05) is 19.1 Å². The molecule has 7 nitrogen and oxygen atoms in total. The monoisotopic (exact) mass is 428 g/mol. The molecular formula is C14H10FIN4O3. The van der Waals surface area contributed by atoms with Crippen LogP contribution in [0.15, 0.2) is 24.3 Å². The standard InChI is InChI=1S/C14H10FIN4O3/c1-6-4-7(16)2-3-8(6)17-13-10(23-14(21)22)5-9-12(11(13)15)19-20-18-9/h2-5,17H,1H3,(H,21,22)(H,18,19,20). The molecule has 0 fully saturated rings. The number of halogens is 2. The maximum atomic E-state index is 14.7. The Morgan fingerprint density at radius 1 is 1.39 bits per heavy atom. The lowest BCUT2D eigenvalue weighted by molar-refractivity contribution is 0.144. The number of aromatic nitrogens is 3. The third kappa shape index (κ3) is 3.04. The molecule has 0 bridgehead atoms. The zero-order valence-electron chi connectivity index (χ0n) is 11.7. The van der Waals surface area contributed by atoms with Gasteiger partial charge in [0.05, 0.1) is 0 Å². The fraction of sp³-hybridized carbons (Fsp3) is 0.0714. The van der Waals surface area contributed by atoms with E-state index in [9.17, 15) is 9.18 Å². The summed E-state index contributed by atoms with van der Waals surface area (Å²) in [7, 11) is 0. The van der Waals surface area contributed by atoms with Crippen LogP contribution in [0.2, 0.25) is 0 Å². The molecule has 23 heavy (non-hydrogen) atoms. The van der Waals surface area contributed by atoms with Gasteiger partial charge < -0.3 is 15.2 Å². The van der Waals surface area contributed by atoms with Gasteiger partial charge in [-0.3, -0.25) is 0 Å². The van der Waals surface area contributed by atoms with Gasteiger partial charge in [0.25, 0.3) is 0 Å². The Hall–Kier alpha value is -2.43. The number of hydrogen-bond donors (Lipinski definition) is 3. The van der Waals surface area contributed by atoms with E-state index >= 15 is 0 Å². The lowest BCUT2D eigenvalue weighted by atomic mass is 10.1. The number of benzene rings is 2. The zero-order chi connectivity index (χ0) is 16.6. The molecule has 118 valence electrons. The number of aryl methyl sites for hydroxylation is 1. The second-order valence-corrected chi connectivity index (χ2v) is 5.95. The molecule has 0 saturated heterocycles. The Balaban J connectivity index is 2.13. The molecule has 0 spiro atoms. The number of anilines is 2. The maximum Gasteiger partial charge on any atom is 0.511 e. The van der Waals surface area contributed by atoms with Crippen LogP contribution >= 0.6 is 22.6 Å². The van der Waals surface area contributed by atoms with Gasteiger partial charge in [-0.1, -0.05) is 0 Å². The Labute approximate surface area is 143 Å². The number of hydrogen-bond acceptors (Lipinski definition) is 5. The van der Waals surface area contributed by atoms with Crippen molar-refractivity contribution in [3.05, 3.63) is 39.2 Å². The summed E-state index contributed by atoms with van der Waals surface area (Å²) >= 11 is 2.17. The number of fused-ring (bicyclic) bond motifs is 1. The first-order chi connectivity index (χ1) is 11.0. The molecule has 0 aliphatic heterocycles. The van der Waals surface area contributed by atoms with Crippen molar-refractivity contribution in [2.75, 3.05) is 5.32 Å². The summed E-state index contributed by atoms with van der Waals surface area (Å²) in [6.07, 6.45) is -1.55. The molecule has 0 amide bonds. The second kappa shape index (κ2) is 5.99. The maximum absolute atomic E-state index is 14.7. The van der Waals surface area contributed by atoms with E-state index in [1.54, 1.807) is 6.07 Å². The predicted molar refractivity (Wildman–Crippen MR) is 89.7 cm³/mol. The summed E-state index contributed by atoms with van der Waals surface area (Å²) in [4.78, 5) is 10.9. The van der Waals surface area contributed by atoms with Gasteiger partial charge in [-0.15, -0.1) is 0 Å². The number of carbonyl (C=O) groups is 1. The summed E-state index contributed by atoms with van der Waals surface area (Å²) in [6, 6.07) is 6.84. The molecule has 1 heterocycles. The summed E-state index contributed by atoms with van der Waals surface area (Å²) in [5, 5.41) is 21.5. The van der Waals surface area contributed by atoms with Gasteiger partial charge in [-0.2, -0.15) is 15.4 Å². The number of H-pyrrole nitrogens is 1. The predicted octanol–water partition coefficient (Wildman–Crippen LogP) is 3.81. The number of ether oxygens (including phenoxy) is 1. The number of nitrogens with zero attached hydrogens (tertiary/aromatic N) is 2. The molecule has 0 saturated carbocycles. The highest BCUT2D eigenvalue weighted by atomic mass is 127. The van der Waals surface area contributed by atoms with E-state index in [1.165, 1.54) is 6.07 Å². The van der Waals surface area contributed by atoms with E-state index in [4.69, 9.17) is 5.11 Å². The molecule has 0 atom stereocenters. The quantitative estimate of drug-likeness (QED) is 0.333. The molecule has 3 aromatic rings. The second-order valence-electron chi connectivity index (χ2n) is 4.71. The van der Waals surface area contributed by atoms with Gasteiger partial charge >= 0.3 is 6.16 Å². The molecule has 2 aromatic carbocycles. The SMILES string of the molecule is Cc1cc(I)ccc1Nc1c(OC(=O)O)cc2n[nH]nc2c1F. The molecule has 0 unspecified atom stereocenters. The molecule has 0 aliphatic rings. The molecule has 3 rings (SSSR count). The number of aromatic amines is 1. The van der Waals surface area contributed by atoms with Crippen molar-refractivity contribution in [2.45, 2.75) is 6.92 Å². The highest BCUT2D eigenvalue weighted by molar-refractivity contribution is 14.1. The first kappa shape index (κ1) is 15.5. The van der Waals surface area contributed by atoms with E-state index in [0.29, 0.717) is 5.69 Å².